The van der Waals surface area contributed by atoms with Gasteiger partial charge in [-0.25, -0.2) is 0 Å². The Morgan fingerprint density at radius 2 is 1.92 bits per heavy atom. The minimum Gasteiger partial charge on any atom is -0.481 e. The molecule has 0 radical (unpaired) electrons. The summed E-state index contributed by atoms with van der Waals surface area (Å²) >= 11 is 0. The number of rotatable bonds is 3. The molecule has 1 aliphatic rings. The van der Waals surface area contributed by atoms with Crippen LogP contribution < -0.4 is 0 Å². The molecule has 0 bridgehead atoms. The van der Waals surface area contributed by atoms with Crippen LogP contribution in [0.3, 0.4) is 0 Å². The molecule has 0 aliphatic heterocycles. The SMILES string of the molecule is CC1CC(O)(C(C(=O)O)C(C)C)C1. The molecule has 1 fully saturated rings. The fourth-order valence-corrected chi connectivity index (χ4v) is 2.54. The van der Waals surface area contributed by atoms with Crippen LogP contribution in [-0.2, 0) is 4.79 Å². The van der Waals surface area contributed by atoms with Crippen LogP contribution in [0.5, 0.6) is 0 Å². The molecule has 1 aliphatic carbocycles. The number of hydrogen-bond acceptors (Lipinski definition) is 2. The number of aliphatic carboxylic acids is 1. The summed E-state index contributed by atoms with van der Waals surface area (Å²) in [5.41, 5.74) is -0.945. The second-order valence-electron chi connectivity index (χ2n) is 4.68. The predicted molar refractivity (Wildman–Crippen MR) is 49.3 cm³/mol. The number of hydrogen-bond donors (Lipinski definition) is 2. The molecular weight excluding hydrogens is 168 g/mol. The Balaban J connectivity index is 2.71. The molecule has 1 unspecified atom stereocenters. The van der Waals surface area contributed by atoms with Crippen molar-refractivity contribution in [3.63, 3.8) is 0 Å². The largest absolute Gasteiger partial charge is 0.481 e. The van der Waals surface area contributed by atoms with E-state index in [2.05, 4.69) is 0 Å². The van der Waals surface area contributed by atoms with Crippen LogP contribution in [0.15, 0.2) is 0 Å². The molecular formula is C10H18O3. The first-order valence-electron chi connectivity index (χ1n) is 4.82. The molecule has 76 valence electrons. The monoisotopic (exact) mass is 186 g/mol. The van der Waals surface area contributed by atoms with E-state index >= 15 is 0 Å². The fourth-order valence-electron chi connectivity index (χ4n) is 2.54. The molecule has 1 rings (SSSR count). The quantitative estimate of drug-likeness (QED) is 0.702. The van der Waals surface area contributed by atoms with Gasteiger partial charge in [0.1, 0.15) is 0 Å². The number of carboxylic acid groups (broad SMARTS) is 1. The van der Waals surface area contributed by atoms with Gasteiger partial charge >= 0.3 is 5.97 Å². The van der Waals surface area contributed by atoms with Crippen LogP contribution in [0, 0.1) is 17.8 Å². The maximum absolute atomic E-state index is 10.9. The van der Waals surface area contributed by atoms with Gasteiger partial charge in [0.25, 0.3) is 0 Å². The van der Waals surface area contributed by atoms with Crippen molar-refractivity contribution in [2.75, 3.05) is 0 Å². The second kappa shape index (κ2) is 3.29. The lowest BCUT2D eigenvalue weighted by atomic mass is 9.62. The Morgan fingerprint density at radius 3 is 2.15 bits per heavy atom. The zero-order valence-electron chi connectivity index (χ0n) is 8.45. The van der Waals surface area contributed by atoms with Crippen molar-refractivity contribution in [3.05, 3.63) is 0 Å². The molecule has 13 heavy (non-hydrogen) atoms. The summed E-state index contributed by atoms with van der Waals surface area (Å²) in [5.74, 6) is -1.02. The third kappa shape index (κ3) is 1.85. The zero-order valence-corrected chi connectivity index (χ0v) is 8.45. The second-order valence-corrected chi connectivity index (χ2v) is 4.68. The minimum atomic E-state index is -0.945. The van der Waals surface area contributed by atoms with Crippen molar-refractivity contribution < 1.29 is 15.0 Å². The summed E-state index contributed by atoms with van der Waals surface area (Å²) in [7, 11) is 0. The Morgan fingerprint density at radius 1 is 1.46 bits per heavy atom. The Bertz CT molecular complexity index is 204. The fraction of sp³-hybridized carbons (Fsp3) is 0.900. The molecule has 0 spiro atoms. The first kappa shape index (κ1) is 10.5. The van der Waals surface area contributed by atoms with Gasteiger partial charge < -0.3 is 10.2 Å². The van der Waals surface area contributed by atoms with E-state index in [0.29, 0.717) is 18.8 Å². The molecule has 1 atom stereocenters. The summed E-state index contributed by atoms with van der Waals surface area (Å²) in [6, 6.07) is 0. The smallest absolute Gasteiger partial charge is 0.309 e. The highest BCUT2D eigenvalue weighted by atomic mass is 16.4. The lowest BCUT2D eigenvalue weighted by Crippen LogP contribution is -2.53. The van der Waals surface area contributed by atoms with Crippen LogP contribution in [0.2, 0.25) is 0 Å². The van der Waals surface area contributed by atoms with Crippen molar-refractivity contribution in [1.82, 2.24) is 0 Å². The lowest BCUT2D eigenvalue weighted by molar-refractivity contribution is -0.171. The zero-order chi connectivity index (χ0) is 10.2. The van der Waals surface area contributed by atoms with Crippen LogP contribution in [-0.4, -0.2) is 21.8 Å². The van der Waals surface area contributed by atoms with Gasteiger partial charge in [-0.3, -0.25) is 4.79 Å². The average Bonchev–Trinajstić information content (AvgIpc) is 1.80. The van der Waals surface area contributed by atoms with Gasteiger partial charge in [-0.1, -0.05) is 20.8 Å². The van der Waals surface area contributed by atoms with Crippen LogP contribution >= 0.6 is 0 Å². The van der Waals surface area contributed by atoms with E-state index in [1.807, 2.05) is 20.8 Å². The maximum atomic E-state index is 10.9. The molecule has 0 heterocycles. The predicted octanol–water partition coefficient (Wildman–Crippen LogP) is 1.50. The first-order chi connectivity index (χ1) is 5.87. The molecule has 0 saturated heterocycles. The molecule has 1 saturated carbocycles. The van der Waals surface area contributed by atoms with Crippen molar-refractivity contribution in [2.24, 2.45) is 17.8 Å². The molecule has 3 heteroatoms. The Labute approximate surface area is 78.8 Å². The van der Waals surface area contributed by atoms with Gasteiger partial charge in [0.15, 0.2) is 0 Å². The van der Waals surface area contributed by atoms with E-state index in [0.717, 1.165) is 0 Å². The van der Waals surface area contributed by atoms with E-state index in [4.69, 9.17) is 5.11 Å². The normalized spacial score (nSPS) is 35.6. The van der Waals surface area contributed by atoms with Crippen LogP contribution in [0.4, 0.5) is 0 Å². The summed E-state index contributed by atoms with van der Waals surface area (Å²) in [4.78, 5) is 10.9. The lowest BCUT2D eigenvalue weighted by Gasteiger charge is -2.47. The van der Waals surface area contributed by atoms with E-state index in [9.17, 15) is 9.90 Å². The number of carbonyl (C=O) groups is 1. The van der Waals surface area contributed by atoms with Gasteiger partial charge in [-0.05, 0) is 24.7 Å². The number of carboxylic acids is 1. The third-order valence-electron chi connectivity index (χ3n) is 2.92. The molecule has 0 aromatic heterocycles. The molecule has 2 N–H and O–H groups in total. The average molecular weight is 186 g/mol. The van der Waals surface area contributed by atoms with Gasteiger partial charge in [0, 0.05) is 0 Å². The maximum Gasteiger partial charge on any atom is 0.309 e. The van der Waals surface area contributed by atoms with Gasteiger partial charge in [-0.15, -0.1) is 0 Å². The highest BCUT2D eigenvalue weighted by Crippen LogP contribution is 2.45. The summed E-state index contributed by atoms with van der Waals surface area (Å²) in [5, 5.41) is 19.0. The first-order valence-corrected chi connectivity index (χ1v) is 4.82. The molecule has 3 nitrogen and oxygen atoms in total. The van der Waals surface area contributed by atoms with Gasteiger partial charge in [-0.2, -0.15) is 0 Å². The summed E-state index contributed by atoms with van der Waals surface area (Å²) in [6.07, 6.45) is 1.25. The van der Waals surface area contributed by atoms with Crippen molar-refractivity contribution >= 4 is 5.97 Å². The van der Waals surface area contributed by atoms with Crippen molar-refractivity contribution in [2.45, 2.75) is 39.2 Å². The highest BCUT2D eigenvalue weighted by molar-refractivity contribution is 5.72. The van der Waals surface area contributed by atoms with Gasteiger partial charge in [0.05, 0.1) is 11.5 Å². The van der Waals surface area contributed by atoms with Crippen LogP contribution in [0.1, 0.15) is 33.6 Å². The topological polar surface area (TPSA) is 57.5 Å². The van der Waals surface area contributed by atoms with E-state index in [1.54, 1.807) is 0 Å². The van der Waals surface area contributed by atoms with Crippen molar-refractivity contribution in [3.8, 4) is 0 Å². The van der Waals surface area contributed by atoms with E-state index in [1.165, 1.54) is 0 Å². The molecule has 0 aromatic rings. The standard InChI is InChI=1S/C10H18O3/c1-6(2)8(9(11)12)10(13)4-7(3)5-10/h6-8,13H,4-5H2,1-3H3,(H,11,12). The number of aliphatic hydroxyl groups is 1. The molecule has 0 aromatic carbocycles. The van der Waals surface area contributed by atoms with Crippen LogP contribution in [0.25, 0.3) is 0 Å². The van der Waals surface area contributed by atoms with Gasteiger partial charge in [0.2, 0.25) is 0 Å². The summed E-state index contributed by atoms with van der Waals surface area (Å²) < 4.78 is 0. The third-order valence-corrected chi connectivity index (χ3v) is 2.92. The van der Waals surface area contributed by atoms with E-state index in [-0.39, 0.29) is 5.92 Å². The molecule has 0 amide bonds. The Kier molecular flexibility index (Phi) is 2.66. The van der Waals surface area contributed by atoms with E-state index < -0.39 is 17.5 Å². The Hall–Kier alpha value is -0.570. The summed E-state index contributed by atoms with van der Waals surface area (Å²) in [6.45, 7) is 5.73. The highest BCUT2D eigenvalue weighted by Gasteiger charge is 2.50. The minimum absolute atomic E-state index is 0.00463. The van der Waals surface area contributed by atoms with Crippen molar-refractivity contribution in [1.29, 1.82) is 0 Å².